The molecule has 2 N–H and O–H groups in total. The Labute approximate surface area is 231 Å². The lowest BCUT2D eigenvalue weighted by molar-refractivity contribution is -0.127. The number of hydrogen-bond donors (Lipinski definition) is 1. The Kier molecular flexibility index (Phi) is 7.22. The summed E-state index contributed by atoms with van der Waals surface area (Å²) in [5.74, 6) is 0.277. The highest BCUT2D eigenvalue weighted by atomic mass is 19.1. The predicted molar refractivity (Wildman–Crippen MR) is 150 cm³/mol. The minimum absolute atomic E-state index is 0.122. The topological polar surface area (TPSA) is 123 Å². The van der Waals surface area contributed by atoms with Crippen molar-refractivity contribution in [2.45, 2.75) is 46.2 Å². The summed E-state index contributed by atoms with van der Waals surface area (Å²) in [6.07, 6.45) is 4.57. The van der Waals surface area contributed by atoms with Crippen LogP contribution < -0.4 is 10.5 Å². The minimum atomic E-state index is -0.535. The highest BCUT2D eigenvalue weighted by molar-refractivity contribution is 5.99. The van der Waals surface area contributed by atoms with Gasteiger partial charge < -0.3 is 15.4 Å². The second-order valence-electron chi connectivity index (χ2n) is 10.9. The van der Waals surface area contributed by atoms with Gasteiger partial charge in [0, 0.05) is 18.2 Å². The zero-order valence-corrected chi connectivity index (χ0v) is 22.6. The number of halogens is 1. The maximum Gasteiger partial charge on any atom is 0.264 e. The van der Waals surface area contributed by atoms with E-state index < -0.39 is 5.82 Å². The van der Waals surface area contributed by atoms with Gasteiger partial charge in [-0.15, -0.1) is 0 Å². The number of para-hydroxylation sites is 1. The van der Waals surface area contributed by atoms with Crippen molar-refractivity contribution >= 4 is 22.8 Å². The van der Waals surface area contributed by atoms with Gasteiger partial charge >= 0.3 is 0 Å². The maximum absolute atomic E-state index is 15.4. The van der Waals surface area contributed by atoms with Crippen molar-refractivity contribution in [2.24, 2.45) is 5.41 Å². The number of benzene rings is 2. The lowest BCUT2D eigenvalue weighted by Crippen LogP contribution is -2.39. The summed E-state index contributed by atoms with van der Waals surface area (Å²) in [7, 11) is 0. The third-order valence-corrected chi connectivity index (χ3v) is 6.68. The molecule has 0 spiro atoms. The second kappa shape index (κ2) is 10.8. The van der Waals surface area contributed by atoms with Gasteiger partial charge in [0.05, 0.1) is 18.0 Å². The molecule has 2 aromatic heterocycles. The van der Waals surface area contributed by atoms with E-state index in [2.05, 4.69) is 16.0 Å². The largest absolute Gasteiger partial charge is 0.457 e. The SMILES string of the molecule is CC(C)(C)/C=C(\C#N)C(=O)N1CCC[C@@H]1Cn1nc(-c2ccc(Oc3ccccc3)cc2F)c2c(N)ncnc21. The Hall–Kier alpha value is -4.78. The number of amides is 1. The van der Waals surface area contributed by atoms with E-state index in [1.807, 2.05) is 39.0 Å². The fourth-order valence-electron chi connectivity index (χ4n) is 4.94. The van der Waals surface area contributed by atoms with E-state index in [0.29, 0.717) is 41.3 Å². The highest BCUT2D eigenvalue weighted by Gasteiger charge is 2.33. The molecule has 1 aliphatic rings. The van der Waals surface area contributed by atoms with Crippen LogP contribution in [-0.2, 0) is 11.3 Å². The molecule has 3 heterocycles. The fourth-order valence-corrected chi connectivity index (χ4v) is 4.94. The number of aromatic nitrogens is 4. The van der Waals surface area contributed by atoms with Crippen LogP contribution in [0.3, 0.4) is 0 Å². The summed E-state index contributed by atoms with van der Waals surface area (Å²) in [6.45, 7) is 6.68. The number of nitriles is 1. The zero-order valence-electron chi connectivity index (χ0n) is 22.6. The fraction of sp³-hybridized carbons (Fsp3) is 0.300. The Morgan fingerprint density at radius 3 is 2.67 bits per heavy atom. The van der Waals surface area contributed by atoms with Crippen LogP contribution in [-0.4, -0.2) is 43.1 Å². The van der Waals surface area contributed by atoms with E-state index in [9.17, 15) is 10.1 Å². The first-order chi connectivity index (χ1) is 19.1. The summed E-state index contributed by atoms with van der Waals surface area (Å²) in [4.78, 5) is 23.5. The van der Waals surface area contributed by atoms with Crippen LogP contribution in [0.4, 0.5) is 10.2 Å². The molecular formula is C30H30FN7O2. The molecule has 4 aromatic rings. The molecule has 204 valence electrons. The number of carbonyl (C=O) groups excluding carboxylic acids is 1. The van der Waals surface area contributed by atoms with Gasteiger partial charge in [-0.25, -0.2) is 19.0 Å². The molecule has 40 heavy (non-hydrogen) atoms. The van der Waals surface area contributed by atoms with Crippen LogP contribution in [0.5, 0.6) is 11.5 Å². The number of allylic oxidation sites excluding steroid dienone is 1. The molecule has 2 aromatic carbocycles. The standard InChI is InChI=1S/C30H30FN7O2/c1-30(2,3)15-19(16-32)29(39)37-13-7-8-20(37)17-38-28-25(27(33)34-18-35-28)26(36-38)23-12-11-22(14-24(23)31)40-21-9-5-4-6-10-21/h4-6,9-12,14-15,18,20H,7-8,13,17H2,1-3H3,(H2,33,34,35)/b19-15+/t20-/m1/s1. The lowest BCUT2D eigenvalue weighted by atomic mass is 9.93. The predicted octanol–water partition coefficient (Wildman–Crippen LogP) is 5.49. The van der Waals surface area contributed by atoms with Crippen LogP contribution >= 0.6 is 0 Å². The monoisotopic (exact) mass is 539 g/mol. The molecule has 1 atom stereocenters. The van der Waals surface area contributed by atoms with Crippen molar-refractivity contribution in [1.82, 2.24) is 24.6 Å². The molecular weight excluding hydrogens is 509 g/mol. The molecule has 1 fully saturated rings. The van der Waals surface area contributed by atoms with E-state index >= 15 is 4.39 Å². The van der Waals surface area contributed by atoms with Gasteiger partial charge in [-0.3, -0.25) is 4.79 Å². The number of likely N-dealkylation sites (tertiary alicyclic amines) is 1. The average Bonchev–Trinajstić information content (AvgIpc) is 3.53. The molecule has 10 heteroatoms. The Morgan fingerprint density at radius 1 is 1.20 bits per heavy atom. The van der Waals surface area contributed by atoms with E-state index in [4.69, 9.17) is 15.6 Å². The number of nitrogens with two attached hydrogens (primary N) is 1. The Balaban J connectivity index is 1.48. The number of nitrogen functional groups attached to an aromatic ring is 1. The molecule has 5 rings (SSSR count). The summed E-state index contributed by atoms with van der Waals surface area (Å²) in [6, 6.07) is 15.5. The molecule has 9 nitrogen and oxygen atoms in total. The van der Waals surface area contributed by atoms with Gasteiger partial charge in [0.25, 0.3) is 5.91 Å². The first-order valence-electron chi connectivity index (χ1n) is 13.1. The smallest absolute Gasteiger partial charge is 0.264 e. The normalized spacial score (nSPS) is 15.8. The highest BCUT2D eigenvalue weighted by Crippen LogP contribution is 2.35. The quantitative estimate of drug-likeness (QED) is 0.254. The first kappa shape index (κ1) is 26.8. The Morgan fingerprint density at radius 2 is 1.98 bits per heavy atom. The van der Waals surface area contributed by atoms with Crippen LogP contribution in [0.2, 0.25) is 0 Å². The number of carbonyl (C=O) groups is 1. The third-order valence-electron chi connectivity index (χ3n) is 6.68. The molecule has 0 aliphatic carbocycles. The average molecular weight is 540 g/mol. The molecule has 0 unspecified atom stereocenters. The number of hydrogen-bond acceptors (Lipinski definition) is 7. The van der Waals surface area contributed by atoms with Crippen molar-refractivity contribution in [3.8, 4) is 28.8 Å². The van der Waals surface area contributed by atoms with Crippen LogP contribution in [0.15, 0.2) is 66.5 Å². The van der Waals surface area contributed by atoms with Crippen molar-refractivity contribution < 1.29 is 13.9 Å². The van der Waals surface area contributed by atoms with Crippen LogP contribution in [0.1, 0.15) is 33.6 Å². The molecule has 0 bridgehead atoms. The van der Waals surface area contributed by atoms with E-state index in [-0.39, 0.29) is 34.3 Å². The number of ether oxygens (including phenoxy) is 1. The zero-order chi connectivity index (χ0) is 28.4. The second-order valence-corrected chi connectivity index (χ2v) is 10.9. The molecule has 0 saturated carbocycles. The summed E-state index contributed by atoms with van der Waals surface area (Å²) < 4.78 is 22.9. The van der Waals surface area contributed by atoms with Crippen LogP contribution in [0, 0.1) is 22.6 Å². The summed E-state index contributed by atoms with van der Waals surface area (Å²) in [5, 5.41) is 14.8. The van der Waals surface area contributed by atoms with E-state index in [1.54, 1.807) is 39.9 Å². The summed E-state index contributed by atoms with van der Waals surface area (Å²) in [5.41, 5.74) is 7.01. The van der Waals surface area contributed by atoms with Gasteiger partial charge in [-0.2, -0.15) is 10.4 Å². The van der Waals surface area contributed by atoms with Gasteiger partial charge in [0.2, 0.25) is 0 Å². The Bertz CT molecular complexity index is 1630. The van der Waals surface area contributed by atoms with E-state index in [0.717, 1.165) is 12.8 Å². The third kappa shape index (κ3) is 5.50. The van der Waals surface area contributed by atoms with Gasteiger partial charge in [-0.1, -0.05) is 45.0 Å². The lowest BCUT2D eigenvalue weighted by Gasteiger charge is -2.25. The molecule has 1 aliphatic heterocycles. The van der Waals surface area contributed by atoms with Crippen molar-refractivity contribution in [2.75, 3.05) is 12.3 Å². The summed E-state index contributed by atoms with van der Waals surface area (Å²) >= 11 is 0. The van der Waals surface area contributed by atoms with Crippen LogP contribution in [0.25, 0.3) is 22.3 Å². The number of rotatable bonds is 6. The van der Waals surface area contributed by atoms with Crippen molar-refractivity contribution in [3.63, 3.8) is 0 Å². The molecule has 0 radical (unpaired) electrons. The van der Waals surface area contributed by atoms with E-state index in [1.165, 1.54) is 12.4 Å². The van der Waals surface area contributed by atoms with Crippen molar-refractivity contribution in [1.29, 1.82) is 5.26 Å². The number of fused-ring (bicyclic) bond motifs is 1. The number of nitrogens with zero attached hydrogens (tertiary/aromatic N) is 6. The number of anilines is 1. The van der Waals surface area contributed by atoms with Crippen molar-refractivity contribution in [3.05, 3.63) is 72.3 Å². The maximum atomic E-state index is 15.4. The molecule has 1 amide bonds. The van der Waals surface area contributed by atoms with Gasteiger partial charge in [0.15, 0.2) is 5.65 Å². The van der Waals surface area contributed by atoms with Gasteiger partial charge in [-0.05, 0) is 42.5 Å². The first-order valence-corrected chi connectivity index (χ1v) is 13.1. The van der Waals surface area contributed by atoms with Gasteiger partial charge in [0.1, 0.15) is 46.8 Å². The molecule has 1 saturated heterocycles. The minimum Gasteiger partial charge on any atom is -0.457 e.